The molecule has 1 atom stereocenters. The average molecular weight is 843 g/mol. The van der Waals surface area contributed by atoms with Gasteiger partial charge in [-0.2, -0.15) is 0 Å². The van der Waals surface area contributed by atoms with Crippen molar-refractivity contribution in [3.63, 3.8) is 0 Å². The highest BCUT2D eigenvalue weighted by molar-refractivity contribution is 7.80. The maximum Gasteiger partial charge on any atom is 0.336 e. The second kappa shape index (κ2) is 20.5. The van der Waals surface area contributed by atoms with E-state index in [-0.39, 0.29) is 45.5 Å². The number of carboxylic acids is 1. The van der Waals surface area contributed by atoms with E-state index >= 15 is 0 Å². The second-order valence-electron chi connectivity index (χ2n) is 17.3. The Balaban J connectivity index is 1.20. The van der Waals surface area contributed by atoms with Gasteiger partial charge in [-0.15, -0.1) is 10.3 Å². The number of amides is 2. The number of aromatic carboxylic acids is 1. The lowest BCUT2D eigenvalue weighted by molar-refractivity contribution is -0.290. The first-order valence-corrected chi connectivity index (χ1v) is 21.6. The van der Waals surface area contributed by atoms with Gasteiger partial charge < -0.3 is 35.9 Å². The maximum atomic E-state index is 13.7. The van der Waals surface area contributed by atoms with E-state index < -0.39 is 23.1 Å². The lowest BCUT2D eigenvalue weighted by atomic mass is 9.79. The molecule has 5 rings (SSSR count). The number of carboxylic acid groups (broad SMARTS) is 1. The van der Waals surface area contributed by atoms with E-state index in [1.807, 2.05) is 27.7 Å². The van der Waals surface area contributed by atoms with Gasteiger partial charge in [-0.3, -0.25) is 14.4 Å². The molecule has 0 bridgehead atoms. The minimum absolute atomic E-state index is 0.0140. The fourth-order valence-corrected chi connectivity index (χ4v) is 8.68. The van der Waals surface area contributed by atoms with Crippen molar-refractivity contribution in [3.8, 4) is 28.2 Å². The van der Waals surface area contributed by atoms with E-state index in [2.05, 4.69) is 28.2 Å². The summed E-state index contributed by atoms with van der Waals surface area (Å²) in [6.07, 6.45) is 10.6. The van der Waals surface area contributed by atoms with Crippen LogP contribution in [-0.4, -0.2) is 67.9 Å². The molecule has 1 unspecified atom stereocenters. The molecule has 14 heteroatoms. The lowest BCUT2D eigenvalue weighted by Crippen LogP contribution is -2.63. The molecule has 0 spiro atoms. The van der Waals surface area contributed by atoms with Gasteiger partial charge in [0.1, 0.15) is 23.1 Å². The first-order valence-electron chi connectivity index (χ1n) is 21.2. The number of hydrogen-bond donors (Lipinski definition) is 6. The van der Waals surface area contributed by atoms with Gasteiger partial charge in [-0.25, -0.2) is 4.79 Å². The fraction of sp³-hybridized carbons (Fsp3) is 0.500. The van der Waals surface area contributed by atoms with E-state index in [1.54, 1.807) is 24.3 Å². The van der Waals surface area contributed by atoms with Crippen LogP contribution in [0.5, 0.6) is 5.75 Å². The zero-order valence-corrected chi connectivity index (χ0v) is 36.3. The summed E-state index contributed by atoms with van der Waals surface area (Å²) >= 11 is 5.56. The summed E-state index contributed by atoms with van der Waals surface area (Å²) in [6.45, 7) is 10.2. The van der Waals surface area contributed by atoms with Crippen molar-refractivity contribution < 1.29 is 34.2 Å². The number of phenols is 1. The number of anilines is 1. The average Bonchev–Trinajstić information content (AvgIpc) is 3.17. The number of benzene rings is 3. The summed E-state index contributed by atoms with van der Waals surface area (Å²) in [7, 11) is 0. The Labute approximate surface area is 357 Å². The topological polar surface area (TPSA) is 193 Å². The number of piperidine rings is 1. The molecule has 3 aliphatic rings. The SMILES string of the molecule is CCCCCCCCCC(=O)NC(CCCCNC(=S)Nc1ccc(-c2c3ccc(=O)cc-3oc3cc(O)ccc23)c(C(=O)O)c1)C(=O)NC1CC(C)(C)N([O])C(C)(C)C1. The van der Waals surface area contributed by atoms with Crippen molar-refractivity contribution in [2.45, 2.75) is 141 Å². The van der Waals surface area contributed by atoms with Crippen LogP contribution in [0.2, 0.25) is 0 Å². The molecule has 13 nitrogen and oxygen atoms in total. The largest absolute Gasteiger partial charge is 0.508 e. The Kier molecular flexibility index (Phi) is 15.7. The summed E-state index contributed by atoms with van der Waals surface area (Å²) in [5.41, 5.74) is 0.610. The fourth-order valence-electron chi connectivity index (χ4n) is 8.46. The quantitative estimate of drug-likeness (QED) is 0.0301. The highest BCUT2D eigenvalue weighted by Gasteiger charge is 2.46. The van der Waals surface area contributed by atoms with Crippen LogP contribution in [0, 0.1) is 0 Å². The zero-order chi connectivity index (χ0) is 43.6. The Morgan fingerprint density at radius 3 is 2.27 bits per heavy atom. The molecule has 2 amide bonds. The van der Waals surface area contributed by atoms with Gasteiger partial charge in [-0.1, -0.05) is 51.5 Å². The highest BCUT2D eigenvalue weighted by atomic mass is 32.1. The van der Waals surface area contributed by atoms with Crippen molar-refractivity contribution in [3.05, 3.63) is 70.4 Å². The molecule has 2 aliphatic heterocycles. The Bertz CT molecular complexity index is 2170. The number of rotatable bonds is 19. The second-order valence-corrected chi connectivity index (χ2v) is 17.7. The first-order chi connectivity index (χ1) is 28.5. The number of hydroxylamine groups is 2. The molecule has 2 heterocycles. The number of aromatic hydroxyl groups is 1. The summed E-state index contributed by atoms with van der Waals surface area (Å²) in [5.74, 6) is -1.35. The first kappa shape index (κ1) is 46.0. The molecule has 1 saturated heterocycles. The number of fused-ring (bicyclic) bond motifs is 2. The third-order valence-electron chi connectivity index (χ3n) is 11.3. The molecular weight excluding hydrogens is 783 g/mol. The minimum atomic E-state index is -1.18. The van der Waals surface area contributed by atoms with E-state index in [4.69, 9.17) is 16.6 Å². The predicted octanol–water partition coefficient (Wildman–Crippen LogP) is 8.53. The maximum absolute atomic E-state index is 13.7. The summed E-state index contributed by atoms with van der Waals surface area (Å²) < 4.78 is 5.93. The van der Waals surface area contributed by atoms with Gasteiger partial charge in [0.15, 0.2) is 10.5 Å². The van der Waals surface area contributed by atoms with Crippen molar-refractivity contribution in [1.29, 1.82) is 0 Å². The molecule has 2 aromatic carbocycles. The van der Waals surface area contributed by atoms with Crippen LogP contribution in [0.15, 0.2) is 63.8 Å². The highest BCUT2D eigenvalue weighted by Crippen LogP contribution is 2.42. The van der Waals surface area contributed by atoms with Gasteiger partial charge >= 0.3 is 5.97 Å². The molecule has 1 aliphatic carbocycles. The van der Waals surface area contributed by atoms with Crippen LogP contribution >= 0.6 is 12.2 Å². The van der Waals surface area contributed by atoms with Crippen LogP contribution in [0.1, 0.15) is 128 Å². The molecule has 60 heavy (non-hydrogen) atoms. The van der Waals surface area contributed by atoms with Crippen LogP contribution in [0.3, 0.4) is 0 Å². The normalized spacial score (nSPS) is 15.7. The van der Waals surface area contributed by atoms with Gasteiger partial charge in [0.25, 0.3) is 0 Å². The summed E-state index contributed by atoms with van der Waals surface area (Å²) in [4.78, 5) is 51.6. The molecule has 2 aromatic rings. The molecule has 6 N–H and O–H groups in total. The van der Waals surface area contributed by atoms with E-state index in [1.165, 1.54) is 49.6 Å². The van der Waals surface area contributed by atoms with Crippen molar-refractivity contribution in [1.82, 2.24) is 21.0 Å². The Hall–Kier alpha value is -5.05. The number of carbonyl (C=O) groups is 3. The van der Waals surface area contributed by atoms with E-state index in [9.17, 15) is 34.6 Å². The van der Waals surface area contributed by atoms with Gasteiger partial charge in [0, 0.05) is 64.4 Å². The van der Waals surface area contributed by atoms with Gasteiger partial charge in [0.05, 0.1) is 5.56 Å². The zero-order valence-electron chi connectivity index (χ0n) is 35.4. The number of nitrogens with one attached hydrogen (secondary N) is 4. The van der Waals surface area contributed by atoms with Crippen molar-refractivity contribution in [2.75, 3.05) is 11.9 Å². The van der Waals surface area contributed by atoms with Crippen LogP contribution in [0.25, 0.3) is 33.4 Å². The third-order valence-corrected chi connectivity index (χ3v) is 11.5. The van der Waals surface area contributed by atoms with Crippen molar-refractivity contribution >= 4 is 51.8 Å². The third kappa shape index (κ3) is 12.0. The standard InChI is InChI=1S/C46H60N5O8S/c1-6-7-8-9-10-11-12-16-40(54)50-37(42(55)48-30-27-45(2,3)51(58)46(4,5)28-30)15-13-14-23-47-44(60)49-29-17-20-33(36(24-29)43(56)57)41-34-21-18-31(52)25-38(34)59-39-26-32(53)19-22-35(39)41/h17-22,24-26,30,37,52H,6-16,23,27-28H2,1-5H3,(H,48,55)(H,50,54)(H,56,57)(H2,47,49,60). The van der Waals surface area contributed by atoms with E-state index in [0.717, 1.165) is 30.7 Å². The number of thiocarbonyl (C=S) groups is 1. The molecule has 0 aromatic heterocycles. The molecule has 1 fully saturated rings. The summed E-state index contributed by atoms with van der Waals surface area (Å²) in [5, 5.41) is 47.7. The molecular formula is C46H60N5O8S. The molecule has 0 saturated carbocycles. The molecule has 323 valence electrons. The van der Waals surface area contributed by atoms with Crippen LogP contribution in [0.4, 0.5) is 5.69 Å². The lowest BCUT2D eigenvalue weighted by Gasteiger charge is -2.50. The molecule has 1 radical (unpaired) electrons. The number of unbranched alkanes of at least 4 members (excludes halogenated alkanes) is 7. The number of hydrogen-bond acceptors (Lipinski definition) is 8. The van der Waals surface area contributed by atoms with Crippen LogP contribution in [-0.2, 0) is 14.8 Å². The Morgan fingerprint density at radius 1 is 0.883 bits per heavy atom. The summed E-state index contributed by atoms with van der Waals surface area (Å²) in [6, 6.07) is 12.8. The number of phenolic OH excluding ortho intramolecular Hbond substituents is 1. The Morgan fingerprint density at radius 2 is 1.57 bits per heavy atom. The number of nitrogens with zero attached hydrogens (tertiary/aromatic N) is 1. The van der Waals surface area contributed by atoms with Crippen molar-refractivity contribution in [2.24, 2.45) is 0 Å². The van der Waals surface area contributed by atoms with Gasteiger partial charge in [0.2, 0.25) is 11.8 Å². The van der Waals surface area contributed by atoms with E-state index in [0.29, 0.717) is 78.4 Å². The number of carbonyl (C=O) groups excluding carboxylic acids is 2. The monoisotopic (exact) mass is 842 g/mol. The minimum Gasteiger partial charge on any atom is -0.508 e. The van der Waals surface area contributed by atoms with Crippen LogP contribution < -0.4 is 26.7 Å². The smallest absolute Gasteiger partial charge is 0.336 e. The van der Waals surface area contributed by atoms with Gasteiger partial charge in [-0.05, 0) is 120 Å². The predicted molar refractivity (Wildman–Crippen MR) is 238 cm³/mol.